The molecule has 1 aromatic rings. The van der Waals surface area contributed by atoms with Gasteiger partial charge in [0.05, 0.1) is 7.11 Å². The first-order valence-electron chi connectivity index (χ1n) is 4.47. The van der Waals surface area contributed by atoms with Gasteiger partial charge in [0.15, 0.2) is 0 Å². The van der Waals surface area contributed by atoms with E-state index < -0.39 is 5.54 Å². The molecule has 84 valence electrons. The smallest absolute Gasteiger partial charge is 0.325 e. The maximum atomic E-state index is 11.3. The van der Waals surface area contributed by atoms with Gasteiger partial charge in [-0.1, -0.05) is 30.3 Å². The Hall–Kier alpha value is -1.06. The van der Waals surface area contributed by atoms with Crippen LogP contribution in [-0.2, 0) is 16.0 Å². The van der Waals surface area contributed by atoms with E-state index in [2.05, 4.69) is 4.74 Å². The van der Waals surface area contributed by atoms with Crippen molar-refractivity contribution in [1.29, 1.82) is 0 Å². The molecule has 0 heterocycles. The lowest BCUT2D eigenvalue weighted by Crippen LogP contribution is -2.47. The summed E-state index contributed by atoms with van der Waals surface area (Å²) in [6.07, 6.45) is 0.487. The summed E-state index contributed by atoms with van der Waals surface area (Å²) in [4.78, 5) is 11.3. The molecule has 0 aliphatic rings. The molecule has 0 aromatic heterocycles. The Bertz CT molecular complexity index is 312. The Balaban J connectivity index is 0.00000196. The topological polar surface area (TPSA) is 52.3 Å². The lowest BCUT2D eigenvalue weighted by molar-refractivity contribution is -0.146. The van der Waals surface area contributed by atoms with Crippen LogP contribution in [0.15, 0.2) is 30.3 Å². The molecular weight excluding hydrogens is 214 g/mol. The van der Waals surface area contributed by atoms with Crippen molar-refractivity contribution in [3.05, 3.63) is 35.9 Å². The molecule has 0 aliphatic carbocycles. The predicted octanol–water partition coefficient (Wildman–Crippen LogP) is 1.54. The number of hydrogen-bond donors (Lipinski definition) is 1. The number of esters is 1. The number of hydrogen-bond acceptors (Lipinski definition) is 3. The van der Waals surface area contributed by atoms with Gasteiger partial charge in [0.25, 0.3) is 0 Å². The Morgan fingerprint density at radius 2 is 1.93 bits per heavy atom. The van der Waals surface area contributed by atoms with E-state index in [1.54, 1.807) is 6.92 Å². The molecule has 1 atom stereocenters. The number of carbonyl (C=O) groups is 1. The molecule has 0 spiro atoms. The van der Waals surface area contributed by atoms with Gasteiger partial charge in [0.2, 0.25) is 0 Å². The minimum atomic E-state index is -0.948. The average Bonchev–Trinajstić information content (AvgIpc) is 2.17. The van der Waals surface area contributed by atoms with Crippen molar-refractivity contribution in [2.24, 2.45) is 5.73 Å². The van der Waals surface area contributed by atoms with E-state index >= 15 is 0 Å². The molecule has 0 radical (unpaired) electrons. The zero-order valence-corrected chi connectivity index (χ0v) is 9.71. The van der Waals surface area contributed by atoms with Crippen LogP contribution < -0.4 is 5.73 Å². The number of ether oxygens (including phenoxy) is 1. The molecule has 1 aromatic carbocycles. The fourth-order valence-corrected chi connectivity index (χ4v) is 1.33. The van der Waals surface area contributed by atoms with Crippen LogP contribution in [0.25, 0.3) is 0 Å². The van der Waals surface area contributed by atoms with Crippen molar-refractivity contribution in [3.8, 4) is 0 Å². The fourth-order valence-electron chi connectivity index (χ4n) is 1.33. The summed E-state index contributed by atoms with van der Waals surface area (Å²) in [5.74, 6) is -0.388. The average molecular weight is 230 g/mol. The van der Waals surface area contributed by atoms with Crippen LogP contribution in [0.2, 0.25) is 0 Å². The molecule has 2 N–H and O–H groups in total. The van der Waals surface area contributed by atoms with E-state index in [1.165, 1.54) is 7.11 Å². The highest BCUT2D eigenvalue weighted by Gasteiger charge is 2.29. The highest BCUT2D eigenvalue weighted by atomic mass is 35.5. The molecule has 0 aliphatic heterocycles. The second-order valence-electron chi connectivity index (χ2n) is 3.57. The lowest BCUT2D eigenvalue weighted by atomic mass is 9.94. The van der Waals surface area contributed by atoms with Crippen molar-refractivity contribution in [1.82, 2.24) is 0 Å². The highest BCUT2D eigenvalue weighted by Crippen LogP contribution is 2.11. The highest BCUT2D eigenvalue weighted by molar-refractivity contribution is 5.85. The third-order valence-corrected chi connectivity index (χ3v) is 2.07. The summed E-state index contributed by atoms with van der Waals surface area (Å²) in [5.41, 5.74) is 5.91. The normalized spacial score (nSPS) is 13.5. The van der Waals surface area contributed by atoms with Gasteiger partial charge in [-0.15, -0.1) is 12.4 Å². The summed E-state index contributed by atoms with van der Waals surface area (Å²) >= 11 is 0. The Labute approximate surface area is 96.0 Å². The maximum Gasteiger partial charge on any atom is 0.325 e. The quantitative estimate of drug-likeness (QED) is 0.800. The first-order chi connectivity index (χ1) is 6.56. The number of halogens is 1. The van der Waals surface area contributed by atoms with Crippen molar-refractivity contribution in [2.75, 3.05) is 7.11 Å². The molecule has 15 heavy (non-hydrogen) atoms. The van der Waals surface area contributed by atoms with Gasteiger partial charge in [-0.2, -0.15) is 0 Å². The van der Waals surface area contributed by atoms with Gasteiger partial charge in [0.1, 0.15) is 5.54 Å². The van der Waals surface area contributed by atoms with Gasteiger partial charge in [0, 0.05) is 6.42 Å². The zero-order valence-electron chi connectivity index (χ0n) is 8.90. The van der Waals surface area contributed by atoms with Crippen molar-refractivity contribution >= 4 is 18.4 Å². The van der Waals surface area contributed by atoms with Crippen molar-refractivity contribution < 1.29 is 9.53 Å². The Morgan fingerprint density at radius 1 is 1.40 bits per heavy atom. The second-order valence-corrected chi connectivity index (χ2v) is 3.57. The number of nitrogens with two attached hydrogens (primary N) is 1. The molecule has 0 saturated carbocycles. The number of rotatable bonds is 3. The fraction of sp³-hybridized carbons (Fsp3) is 0.364. The van der Waals surface area contributed by atoms with Crippen LogP contribution in [0.3, 0.4) is 0 Å². The predicted molar refractivity (Wildman–Crippen MR) is 62.0 cm³/mol. The molecule has 0 fully saturated rings. The van der Waals surface area contributed by atoms with Gasteiger partial charge in [-0.05, 0) is 12.5 Å². The Kier molecular flexibility index (Phi) is 5.33. The van der Waals surface area contributed by atoms with Gasteiger partial charge < -0.3 is 10.5 Å². The van der Waals surface area contributed by atoms with Gasteiger partial charge in [-0.3, -0.25) is 4.79 Å². The summed E-state index contributed by atoms with van der Waals surface area (Å²) in [6.45, 7) is 1.67. The van der Waals surface area contributed by atoms with Crippen LogP contribution in [0.1, 0.15) is 12.5 Å². The first-order valence-corrected chi connectivity index (χ1v) is 4.47. The summed E-state index contributed by atoms with van der Waals surface area (Å²) < 4.78 is 4.62. The zero-order chi connectivity index (χ0) is 10.6. The van der Waals surface area contributed by atoms with E-state index in [0.717, 1.165) is 5.56 Å². The first kappa shape index (κ1) is 13.9. The lowest BCUT2D eigenvalue weighted by Gasteiger charge is -2.21. The van der Waals surface area contributed by atoms with Crippen molar-refractivity contribution in [3.63, 3.8) is 0 Å². The minimum Gasteiger partial charge on any atom is -0.468 e. The second kappa shape index (κ2) is 5.73. The summed E-state index contributed by atoms with van der Waals surface area (Å²) in [7, 11) is 1.35. The number of carbonyl (C=O) groups excluding carboxylic acids is 1. The SMILES string of the molecule is COC(=O)[C@@](C)(N)Cc1ccccc1.Cl. The number of methoxy groups -OCH3 is 1. The van der Waals surface area contributed by atoms with Crippen LogP contribution in [0.4, 0.5) is 0 Å². The molecular formula is C11H16ClNO2. The molecule has 0 unspecified atom stereocenters. The van der Waals surface area contributed by atoms with Crippen LogP contribution in [-0.4, -0.2) is 18.6 Å². The van der Waals surface area contributed by atoms with Crippen LogP contribution in [0.5, 0.6) is 0 Å². The van der Waals surface area contributed by atoms with E-state index in [4.69, 9.17) is 5.73 Å². The maximum absolute atomic E-state index is 11.3. The molecule has 4 heteroatoms. The molecule has 0 saturated heterocycles. The number of benzene rings is 1. The van der Waals surface area contributed by atoms with Crippen LogP contribution in [0, 0.1) is 0 Å². The largest absolute Gasteiger partial charge is 0.468 e. The summed E-state index contributed by atoms with van der Waals surface area (Å²) in [6, 6.07) is 9.64. The van der Waals surface area contributed by atoms with Crippen molar-refractivity contribution in [2.45, 2.75) is 18.9 Å². The standard InChI is InChI=1S/C11H15NO2.ClH/c1-11(12,10(13)14-2)8-9-6-4-3-5-7-9;/h3-7H,8,12H2,1-2H3;1H/t11-;/m0./s1. The molecule has 1 rings (SSSR count). The van der Waals surface area contributed by atoms with E-state index in [-0.39, 0.29) is 18.4 Å². The summed E-state index contributed by atoms with van der Waals surface area (Å²) in [5, 5.41) is 0. The van der Waals surface area contributed by atoms with Gasteiger partial charge >= 0.3 is 5.97 Å². The van der Waals surface area contributed by atoms with E-state index in [9.17, 15) is 4.79 Å². The third kappa shape index (κ3) is 3.90. The van der Waals surface area contributed by atoms with E-state index in [1.807, 2.05) is 30.3 Å². The Morgan fingerprint density at radius 3 is 2.40 bits per heavy atom. The van der Waals surface area contributed by atoms with Gasteiger partial charge in [-0.25, -0.2) is 0 Å². The monoisotopic (exact) mass is 229 g/mol. The molecule has 0 amide bonds. The minimum absolute atomic E-state index is 0. The molecule has 3 nitrogen and oxygen atoms in total. The third-order valence-electron chi connectivity index (χ3n) is 2.07. The van der Waals surface area contributed by atoms with Crippen LogP contribution >= 0.6 is 12.4 Å². The molecule has 0 bridgehead atoms. The van der Waals surface area contributed by atoms with E-state index in [0.29, 0.717) is 6.42 Å².